The lowest BCUT2D eigenvalue weighted by Crippen LogP contribution is -2.17. The molecule has 0 heterocycles. The predicted molar refractivity (Wildman–Crippen MR) is 139 cm³/mol. The molecule has 0 aliphatic heterocycles. The molecule has 2 aliphatic rings. The Morgan fingerprint density at radius 3 is 2.00 bits per heavy atom. The van der Waals surface area contributed by atoms with Crippen molar-refractivity contribution in [1.82, 2.24) is 0 Å². The van der Waals surface area contributed by atoms with Crippen molar-refractivity contribution in [1.29, 1.82) is 0 Å². The first-order valence-corrected chi connectivity index (χ1v) is 12.5. The summed E-state index contributed by atoms with van der Waals surface area (Å²) in [6, 6.07) is 9.51. The lowest BCUT2D eigenvalue weighted by molar-refractivity contribution is 0.226. The Labute approximate surface area is 192 Å². The second-order valence-corrected chi connectivity index (χ2v) is 9.01. The average molecular weight is 425 g/mol. The fourth-order valence-corrected chi connectivity index (χ4v) is 4.97. The van der Waals surface area contributed by atoms with Gasteiger partial charge in [-0.1, -0.05) is 88.3 Å². The van der Waals surface area contributed by atoms with E-state index in [0.717, 1.165) is 24.2 Å². The molecule has 2 saturated carbocycles. The Balaban J connectivity index is 0.000000406. The lowest BCUT2D eigenvalue weighted by atomic mass is 9.76. The highest BCUT2D eigenvalue weighted by atomic mass is 14.6. The van der Waals surface area contributed by atoms with Gasteiger partial charge >= 0.3 is 0 Å². The van der Waals surface area contributed by atoms with Gasteiger partial charge in [-0.25, -0.2) is 0 Å². The van der Waals surface area contributed by atoms with E-state index >= 15 is 0 Å². The van der Waals surface area contributed by atoms with Crippen LogP contribution in [0.15, 0.2) is 61.0 Å². The van der Waals surface area contributed by atoms with E-state index in [1.807, 2.05) is 13.8 Å². The van der Waals surface area contributed by atoms with Crippen LogP contribution >= 0.6 is 0 Å². The van der Waals surface area contributed by atoms with Gasteiger partial charge in [-0.2, -0.15) is 0 Å². The van der Waals surface area contributed by atoms with Gasteiger partial charge in [-0.3, -0.25) is 0 Å². The first kappa shape index (κ1) is 27.1. The molecule has 174 valence electrons. The molecule has 1 aromatic rings. The molecule has 2 atom stereocenters. The van der Waals surface area contributed by atoms with Crippen LogP contribution in [0.4, 0.5) is 0 Å². The van der Waals surface area contributed by atoms with Crippen molar-refractivity contribution < 1.29 is 0 Å². The highest BCUT2D eigenvalue weighted by Gasteiger charge is 2.27. The van der Waals surface area contributed by atoms with Crippen LogP contribution in [0.5, 0.6) is 0 Å². The molecule has 0 bridgehead atoms. The van der Waals surface area contributed by atoms with Crippen molar-refractivity contribution in [3.05, 3.63) is 72.1 Å². The molecule has 2 nitrogen and oxygen atoms in total. The molecule has 0 spiro atoms. The quantitative estimate of drug-likeness (QED) is 0.292. The SMILES string of the molecule is C/C=C(N)\C=C\N.C=CC.CCc1ccc(C2CCCC(C3CCCCC3)CC2)cc1. The Bertz CT molecular complexity index is 635. The summed E-state index contributed by atoms with van der Waals surface area (Å²) >= 11 is 0. The van der Waals surface area contributed by atoms with E-state index in [4.69, 9.17) is 11.5 Å². The smallest absolute Gasteiger partial charge is 0.0285 e. The van der Waals surface area contributed by atoms with E-state index in [2.05, 4.69) is 37.8 Å². The third kappa shape index (κ3) is 10.8. The first-order chi connectivity index (χ1) is 15.1. The van der Waals surface area contributed by atoms with Crippen LogP contribution in [-0.4, -0.2) is 0 Å². The van der Waals surface area contributed by atoms with Crippen molar-refractivity contribution in [2.75, 3.05) is 0 Å². The molecule has 4 N–H and O–H groups in total. The molecule has 2 unspecified atom stereocenters. The lowest BCUT2D eigenvalue weighted by Gasteiger charge is -2.29. The van der Waals surface area contributed by atoms with Crippen LogP contribution < -0.4 is 11.5 Å². The zero-order valence-electron chi connectivity index (χ0n) is 20.5. The van der Waals surface area contributed by atoms with Gasteiger partial charge in [0.2, 0.25) is 0 Å². The van der Waals surface area contributed by atoms with E-state index in [1.165, 1.54) is 76.0 Å². The van der Waals surface area contributed by atoms with Crippen LogP contribution in [0.1, 0.15) is 102 Å². The molecular formula is C29H48N2. The zero-order chi connectivity index (χ0) is 22.9. The van der Waals surface area contributed by atoms with E-state index in [0.29, 0.717) is 5.70 Å². The van der Waals surface area contributed by atoms with Crippen molar-refractivity contribution in [2.24, 2.45) is 23.3 Å². The summed E-state index contributed by atoms with van der Waals surface area (Å²) < 4.78 is 0. The standard InChI is InChI=1S/C21H32.C5H10N2.C3H6/c1-2-17-11-13-21(14-12-17)20-10-6-9-19(15-16-20)18-7-4-3-5-8-18;1-2-5(7)3-4-6;1-3-2/h11-14,18-20H,2-10,15-16H2,1H3;2-4H,6-7H2,1H3;3H,1H2,2H3/b;4-3+,5-2+;. The summed E-state index contributed by atoms with van der Waals surface area (Å²) in [6.07, 6.45) is 22.6. The monoisotopic (exact) mass is 424 g/mol. The number of aryl methyl sites for hydroxylation is 1. The largest absolute Gasteiger partial charge is 0.405 e. The van der Waals surface area contributed by atoms with Gasteiger partial charge in [0.15, 0.2) is 0 Å². The van der Waals surface area contributed by atoms with E-state index < -0.39 is 0 Å². The van der Waals surface area contributed by atoms with E-state index in [-0.39, 0.29) is 0 Å². The maximum atomic E-state index is 5.28. The summed E-state index contributed by atoms with van der Waals surface area (Å²) in [7, 11) is 0. The zero-order valence-corrected chi connectivity index (χ0v) is 20.5. The normalized spacial score (nSPS) is 22.5. The first-order valence-electron chi connectivity index (χ1n) is 12.5. The van der Waals surface area contributed by atoms with Crippen LogP contribution in [0.2, 0.25) is 0 Å². The van der Waals surface area contributed by atoms with Crippen molar-refractivity contribution in [2.45, 2.75) is 97.3 Å². The molecule has 0 radical (unpaired) electrons. The molecular weight excluding hydrogens is 376 g/mol. The van der Waals surface area contributed by atoms with Crippen LogP contribution in [0, 0.1) is 11.8 Å². The fourth-order valence-electron chi connectivity index (χ4n) is 4.97. The maximum absolute atomic E-state index is 5.28. The molecule has 2 heteroatoms. The number of nitrogens with two attached hydrogens (primary N) is 2. The van der Waals surface area contributed by atoms with Crippen LogP contribution in [0.3, 0.4) is 0 Å². The van der Waals surface area contributed by atoms with E-state index in [1.54, 1.807) is 23.8 Å². The number of hydrogen-bond acceptors (Lipinski definition) is 2. The average Bonchev–Trinajstić information content (AvgIpc) is 3.07. The Morgan fingerprint density at radius 2 is 1.48 bits per heavy atom. The molecule has 2 aliphatic carbocycles. The van der Waals surface area contributed by atoms with Crippen LogP contribution in [-0.2, 0) is 6.42 Å². The van der Waals surface area contributed by atoms with Gasteiger partial charge in [0.05, 0.1) is 0 Å². The second-order valence-electron chi connectivity index (χ2n) is 9.01. The van der Waals surface area contributed by atoms with Crippen molar-refractivity contribution >= 4 is 0 Å². The Morgan fingerprint density at radius 1 is 0.903 bits per heavy atom. The van der Waals surface area contributed by atoms with Crippen LogP contribution in [0.25, 0.3) is 0 Å². The topological polar surface area (TPSA) is 52.0 Å². The van der Waals surface area contributed by atoms with Crippen molar-refractivity contribution in [3.8, 4) is 0 Å². The molecule has 2 fully saturated rings. The summed E-state index contributed by atoms with van der Waals surface area (Å²) in [5, 5.41) is 0. The number of allylic oxidation sites excluding steroid dienone is 3. The summed E-state index contributed by atoms with van der Waals surface area (Å²) in [5.41, 5.74) is 14.1. The van der Waals surface area contributed by atoms with E-state index in [9.17, 15) is 0 Å². The second kappa shape index (κ2) is 16.7. The van der Waals surface area contributed by atoms with Gasteiger partial charge in [0.25, 0.3) is 0 Å². The number of rotatable bonds is 4. The molecule has 0 aromatic heterocycles. The third-order valence-corrected chi connectivity index (χ3v) is 6.81. The minimum atomic E-state index is 0.697. The summed E-state index contributed by atoms with van der Waals surface area (Å²) in [6.45, 7) is 9.35. The minimum absolute atomic E-state index is 0.697. The van der Waals surface area contributed by atoms with Gasteiger partial charge in [0, 0.05) is 5.70 Å². The third-order valence-electron chi connectivity index (χ3n) is 6.81. The fraction of sp³-hybridized carbons (Fsp3) is 0.586. The Kier molecular flexibility index (Phi) is 14.6. The molecule has 3 rings (SSSR count). The molecule has 0 amide bonds. The van der Waals surface area contributed by atoms with Crippen molar-refractivity contribution in [3.63, 3.8) is 0 Å². The van der Waals surface area contributed by atoms with Gasteiger partial charge < -0.3 is 11.5 Å². The molecule has 1 aromatic carbocycles. The Hall–Kier alpha value is -1.96. The highest BCUT2D eigenvalue weighted by Crippen LogP contribution is 2.41. The maximum Gasteiger partial charge on any atom is 0.0285 e. The van der Waals surface area contributed by atoms with Gasteiger partial charge in [-0.05, 0) is 80.7 Å². The molecule has 0 saturated heterocycles. The summed E-state index contributed by atoms with van der Waals surface area (Å²) in [5.74, 6) is 2.95. The minimum Gasteiger partial charge on any atom is -0.405 e. The molecule has 31 heavy (non-hydrogen) atoms. The predicted octanol–water partition coefficient (Wildman–Crippen LogP) is 8.01. The number of hydrogen-bond donors (Lipinski definition) is 2. The van der Waals surface area contributed by atoms with Gasteiger partial charge in [0.1, 0.15) is 0 Å². The van der Waals surface area contributed by atoms with Gasteiger partial charge in [-0.15, -0.1) is 6.58 Å². The summed E-state index contributed by atoms with van der Waals surface area (Å²) in [4.78, 5) is 0. The number of benzene rings is 1. The highest BCUT2D eigenvalue weighted by molar-refractivity contribution is 5.25.